The van der Waals surface area contributed by atoms with Gasteiger partial charge < -0.3 is 4.90 Å². The van der Waals surface area contributed by atoms with Gasteiger partial charge in [-0.1, -0.05) is 0 Å². The molecule has 0 saturated carbocycles. The quantitative estimate of drug-likeness (QED) is 0.733. The van der Waals surface area contributed by atoms with Crippen LogP contribution in [0.5, 0.6) is 0 Å². The normalized spacial score (nSPS) is 27.6. The van der Waals surface area contributed by atoms with E-state index in [4.69, 9.17) is 0 Å². The zero-order valence-electron chi connectivity index (χ0n) is 13.2. The smallest absolute Gasteiger partial charge is 0.312 e. The van der Waals surface area contributed by atoms with Crippen LogP contribution in [0.2, 0.25) is 0 Å². The number of nitrogens with zero attached hydrogens (tertiary/aromatic N) is 5. The SMILES string of the molecule is Cc1cc(N2CCC(N3C(=O)C4CCCN4C3=O)C2=O)n(C)n1. The molecule has 0 N–H and O–H groups in total. The molecule has 1 aromatic heterocycles. The highest BCUT2D eigenvalue weighted by molar-refractivity contribution is 6.10. The largest absolute Gasteiger partial charge is 0.328 e. The average Bonchev–Trinajstić information content (AvgIpc) is 3.22. The highest BCUT2D eigenvalue weighted by Gasteiger charge is 2.53. The molecule has 2 unspecified atom stereocenters. The molecular formula is C15H19N5O3. The Hall–Kier alpha value is -2.38. The first-order chi connectivity index (χ1) is 11.0. The van der Waals surface area contributed by atoms with Crippen molar-refractivity contribution in [3.05, 3.63) is 11.8 Å². The molecule has 0 radical (unpaired) electrons. The summed E-state index contributed by atoms with van der Waals surface area (Å²) in [6, 6.07) is 0.490. The third kappa shape index (κ3) is 1.90. The summed E-state index contributed by atoms with van der Waals surface area (Å²) in [5.41, 5.74) is 0.827. The fourth-order valence-corrected chi connectivity index (χ4v) is 3.91. The van der Waals surface area contributed by atoms with Crippen molar-refractivity contribution < 1.29 is 14.4 Å². The molecule has 8 heteroatoms. The second kappa shape index (κ2) is 4.81. The van der Waals surface area contributed by atoms with E-state index in [0.29, 0.717) is 31.7 Å². The molecule has 1 aromatic rings. The van der Waals surface area contributed by atoms with Gasteiger partial charge >= 0.3 is 6.03 Å². The van der Waals surface area contributed by atoms with Crippen LogP contribution < -0.4 is 4.90 Å². The molecule has 122 valence electrons. The molecule has 3 aliphatic rings. The third-order valence-corrected chi connectivity index (χ3v) is 4.97. The van der Waals surface area contributed by atoms with Gasteiger partial charge in [0.05, 0.1) is 5.69 Å². The molecule has 2 atom stereocenters. The topological polar surface area (TPSA) is 78.8 Å². The van der Waals surface area contributed by atoms with E-state index in [1.165, 1.54) is 4.90 Å². The summed E-state index contributed by atoms with van der Waals surface area (Å²) in [6.07, 6.45) is 2.03. The van der Waals surface area contributed by atoms with Gasteiger partial charge in [-0.3, -0.25) is 19.2 Å². The van der Waals surface area contributed by atoms with E-state index in [-0.39, 0.29) is 23.9 Å². The first kappa shape index (κ1) is 14.2. The van der Waals surface area contributed by atoms with Gasteiger partial charge in [0, 0.05) is 26.2 Å². The first-order valence-corrected chi connectivity index (χ1v) is 7.94. The predicted octanol–water partition coefficient (Wildman–Crippen LogP) is 0.260. The van der Waals surface area contributed by atoms with Crippen LogP contribution in [0.4, 0.5) is 10.6 Å². The summed E-state index contributed by atoms with van der Waals surface area (Å²) in [6.45, 7) is 2.96. The fourth-order valence-electron chi connectivity index (χ4n) is 3.91. The number of imide groups is 1. The highest BCUT2D eigenvalue weighted by Crippen LogP contribution is 2.32. The number of hydrogen-bond acceptors (Lipinski definition) is 4. The van der Waals surface area contributed by atoms with Crippen LogP contribution in [0.3, 0.4) is 0 Å². The van der Waals surface area contributed by atoms with Crippen molar-refractivity contribution in [2.75, 3.05) is 18.0 Å². The summed E-state index contributed by atoms with van der Waals surface area (Å²) in [5.74, 6) is 0.291. The number of hydrogen-bond donors (Lipinski definition) is 0. The second-order valence-corrected chi connectivity index (χ2v) is 6.40. The number of urea groups is 1. The molecule has 23 heavy (non-hydrogen) atoms. The van der Waals surface area contributed by atoms with Crippen molar-refractivity contribution in [1.82, 2.24) is 19.6 Å². The van der Waals surface area contributed by atoms with Gasteiger partial charge in [-0.25, -0.2) is 9.69 Å². The van der Waals surface area contributed by atoms with Gasteiger partial charge in [-0.05, 0) is 26.2 Å². The van der Waals surface area contributed by atoms with Crippen LogP contribution in [-0.2, 0) is 16.6 Å². The van der Waals surface area contributed by atoms with Crippen LogP contribution >= 0.6 is 0 Å². The maximum atomic E-state index is 12.8. The fraction of sp³-hybridized carbons (Fsp3) is 0.600. The molecule has 0 aliphatic carbocycles. The number of rotatable bonds is 2. The Morgan fingerprint density at radius 3 is 2.52 bits per heavy atom. The maximum absolute atomic E-state index is 12.8. The highest BCUT2D eigenvalue weighted by atomic mass is 16.2. The molecule has 0 bridgehead atoms. The van der Waals surface area contributed by atoms with Gasteiger partial charge in [0.15, 0.2) is 0 Å². The minimum atomic E-state index is -0.684. The molecule has 4 rings (SSSR count). The van der Waals surface area contributed by atoms with E-state index in [1.807, 2.05) is 13.0 Å². The number of aromatic nitrogens is 2. The summed E-state index contributed by atoms with van der Waals surface area (Å²) >= 11 is 0. The van der Waals surface area contributed by atoms with E-state index in [0.717, 1.165) is 12.1 Å². The lowest BCUT2D eigenvalue weighted by Crippen LogP contribution is -2.46. The first-order valence-electron chi connectivity index (χ1n) is 7.94. The van der Waals surface area contributed by atoms with Crippen LogP contribution in [-0.4, -0.2) is 62.6 Å². The lowest BCUT2D eigenvalue weighted by molar-refractivity contribution is -0.133. The van der Waals surface area contributed by atoms with Gasteiger partial charge in [0.25, 0.3) is 11.8 Å². The van der Waals surface area contributed by atoms with E-state index in [1.54, 1.807) is 21.5 Å². The molecule has 3 fully saturated rings. The minimum absolute atomic E-state index is 0.198. The number of anilines is 1. The zero-order chi connectivity index (χ0) is 16.3. The minimum Gasteiger partial charge on any atom is -0.312 e. The molecule has 0 aromatic carbocycles. The molecular weight excluding hydrogens is 298 g/mol. The van der Waals surface area contributed by atoms with E-state index in [2.05, 4.69) is 5.10 Å². The van der Waals surface area contributed by atoms with Crippen molar-refractivity contribution in [1.29, 1.82) is 0 Å². The Balaban J connectivity index is 1.60. The lowest BCUT2D eigenvalue weighted by Gasteiger charge is -2.22. The lowest BCUT2D eigenvalue weighted by atomic mass is 10.1. The van der Waals surface area contributed by atoms with Gasteiger partial charge in [-0.15, -0.1) is 0 Å². The molecule has 3 saturated heterocycles. The Kier molecular flexibility index (Phi) is 2.97. The second-order valence-electron chi connectivity index (χ2n) is 6.40. The molecule has 8 nitrogen and oxygen atoms in total. The summed E-state index contributed by atoms with van der Waals surface area (Å²) in [7, 11) is 1.78. The molecule has 0 spiro atoms. The average molecular weight is 317 g/mol. The summed E-state index contributed by atoms with van der Waals surface area (Å²) in [4.78, 5) is 42.2. The number of fused-ring (bicyclic) bond motifs is 1. The van der Waals surface area contributed by atoms with Crippen molar-refractivity contribution in [3.8, 4) is 0 Å². The number of aryl methyl sites for hydroxylation is 2. The zero-order valence-corrected chi connectivity index (χ0v) is 13.2. The molecule has 4 heterocycles. The van der Waals surface area contributed by atoms with E-state index in [9.17, 15) is 14.4 Å². The van der Waals surface area contributed by atoms with Crippen molar-refractivity contribution >= 4 is 23.7 Å². The molecule has 4 amide bonds. The number of carbonyl (C=O) groups excluding carboxylic acids is 3. The van der Waals surface area contributed by atoms with E-state index >= 15 is 0 Å². The van der Waals surface area contributed by atoms with Gasteiger partial charge in [0.2, 0.25) is 0 Å². The van der Waals surface area contributed by atoms with Crippen molar-refractivity contribution in [2.45, 2.75) is 38.3 Å². The van der Waals surface area contributed by atoms with Gasteiger partial charge in [0.1, 0.15) is 17.9 Å². The number of carbonyl (C=O) groups is 3. The Bertz CT molecular complexity index is 690. The number of amides is 4. The summed E-state index contributed by atoms with van der Waals surface area (Å²) in [5, 5.41) is 4.26. The molecule has 3 aliphatic heterocycles. The van der Waals surface area contributed by atoms with E-state index < -0.39 is 6.04 Å². The maximum Gasteiger partial charge on any atom is 0.328 e. The monoisotopic (exact) mass is 317 g/mol. The Morgan fingerprint density at radius 2 is 1.87 bits per heavy atom. The van der Waals surface area contributed by atoms with Gasteiger partial charge in [-0.2, -0.15) is 5.10 Å². The third-order valence-electron chi connectivity index (χ3n) is 4.97. The van der Waals surface area contributed by atoms with Crippen molar-refractivity contribution in [3.63, 3.8) is 0 Å². The van der Waals surface area contributed by atoms with Crippen LogP contribution in [0, 0.1) is 6.92 Å². The Morgan fingerprint density at radius 1 is 1.09 bits per heavy atom. The standard InChI is InChI=1S/C15H19N5O3/c1-9-8-12(17(2)16-9)19-7-5-11(13(19)21)20-14(22)10-4-3-6-18(10)15(20)23/h8,10-11H,3-7H2,1-2H3. The predicted molar refractivity (Wildman–Crippen MR) is 80.7 cm³/mol. The summed E-state index contributed by atoms with van der Waals surface area (Å²) < 4.78 is 1.65. The van der Waals surface area contributed by atoms with Crippen LogP contribution in [0.25, 0.3) is 0 Å². The Labute approximate surface area is 133 Å². The van der Waals surface area contributed by atoms with Crippen LogP contribution in [0.15, 0.2) is 6.07 Å². The van der Waals surface area contributed by atoms with Crippen LogP contribution in [0.1, 0.15) is 25.0 Å². The van der Waals surface area contributed by atoms with Crippen molar-refractivity contribution in [2.24, 2.45) is 7.05 Å².